The molecule has 1 aliphatic rings. The molecular formula is C26H30N6O3. The van der Waals surface area contributed by atoms with E-state index in [1.165, 1.54) is 0 Å². The predicted octanol–water partition coefficient (Wildman–Crippen LogP) is 2.73. The van der Waals surface area contributed by atoms with Gasteiger partial charge in [0.1, 0.15) is 11.8 Å². The molecule has 182 valence electrons. The Labute approximate surface area is 203 Å². The highest BCUT2D eigenvalue weighted by Crippen LogP contribution is 2.30. The number of likely N-dealkylation sites (tertiary alicyclic amines) is 1. The Hall–Kier alpha value is -3.56. The van der Waals surface area contributed by atoms with Crippen molar-refractivity contribution in [1.29, 1.82) is 0 Å². The van der Waals surface area contributed by atoms with Crippen molar-refractivity contribution in [3.63, 3.8) is 0 Å². The van der Waals surface area contributed by atoms with E-state index in [9.17, 15) is 9.90 Å². The van der Waals surface area contributed by atoms with Crippen LogP contribution in [0.3, 0.4) is 0 Å². The first-order chi connectivity index (χ1) is 16.9. The third-order valence-electron chi connectivity index (χ3n) is 6.78. The van der Waals surface area contributed by atoms with Crippen molar-refractivity contribution in [1.82, 2.24) is 30.1 Å². The third kappa shape index (κ3) is 4.69. The molecule has 0 amide bonds. The van der Waals surface area contributed by atoms with Crippen molar-refractivity contribution < 1.29 is 9.84 Å². The topological polar surface area (TPSA) is 109 Å². The number of H-pyrrole nitrogens is 1. The number of hydrogen-bond donors (Lipinski definition) is 2. The first-order valence-corrected chi connectivity index (χ1v) is 11.9. The Morgan fingerprint density at radius 3 is 2.60 bits per heavy atom. The maximum Gasteiger partial charge on any atom is 0.253 e. The average molecular weight is 475 g/mol. The van der Waals surface area contributed by atoms with Crippen molar-refractivity contribution in [2.24, 2.45) is 0 Å². The maximum atomic E-state index is 13.4. The van der Waals surface area contributed by atoms with E-state index in [0.717, 1.165) is 33.3 Å². The summed E-state index contributed by atoms with van der Waals surface area (Å²) in [4.78, 5) is 18.7. The number of rotatable bonds is 6. The highest BCUT2D eigenvalue weighted by atomic mass is 16.5. The van der Waals surface area contributed by atoms with Gasteiger partial charge in [-0.25, -0.2) is 4.68 Å². The monoisotopic (exact) mass is 474 g/mol. The van der Waals surface area contributed by atoms with E-state index in [4.69, 9.17) is 4.74 Å². The van der Waals surface area contributed by atoms with Crippen LogP contribution in [0.2, 0.25) is 0 Å². The van der Waals surface area contributed by atoms with Crippen LogP contribution >= 0.6 is 0 Å². The first-order valence-electron chi connectivity index (χ1n) is 11.9. The van der Waals surface area contributed by atoms with Gasteiger partial charge >= 0.3 is 0 Å². The fourth-order valence-corrected chi connectivity index (χ4v) is 4.97. The molecule has 0 radical (unpaired) electrons. The Morgan fingerprint density at radius 2 is 1.89 bits per heavy atom. The number of aliphatic hydroxyl groups is 1. The van der Waals surface area contributed by atoms with Crippen LogP contribution in [0.5, 0.6) is 5.75 Å². The largest absolute Gasteiger partial charge is 0.497 e. The molecule has 9 nitrogen and oxygen atoms in total. The average Bonchev–Trinajstić information content (AvgIpc) is 3.29. The van der Waals surface area contributed by atoms with Gasteiger partial charge in [-0.05, 0) is 77.9 Å². The van der Waals surface area contributed by atoms with Gasteiger partial charge in [0.15, 0.2) is 5.82 Å². The summed E-state index contributed by atoms with van der Waals surface area (Å²) in [6.07, 6.45) is 0.947. The quantitative estimate of drug-likeness (QED) is 0.442. The number of tetrazole rings is 1. The van der Waals surface area contributed by atoms with E-state index >= 15 is 0 Å². The summed E-state index contributed by atoms with van der Waals surface area (Å²) in [6, 6.07) is 13.4. The molecule has 9 heteroatoms. The summed E-state index contributed by atoms with van der Waals surface area (Å²) in [5.41, 5.74) is 4.48. The van der Waals surface area contributed by atoms with Gasteiger partial charge in [-0.2, -0.15) is 0 Å². The molecule has 4 aromatic rings. The van der Waals surface area contributed by atoms with Gasteiger partial charge in [-0.3, -0.25) is 9.69 Å². The highest BCUT2D eigenvalue weighted by Gasteiger charge is 2.33. The minimum absolute atomic E-state index is 0.153. The van der Waals surface area contributed by atoms with Crippen LogP contribution in [0.4, 0.5) is 0 Å². The lowest BCUT2D eigenvalue weighted by Crippen LogP contribution is -2.41. The molecule has 1 fully saturated rings. The molecule has 0 saturated carbocycles. The molecule has 0 aliphatic carbocycles. The maximum absolute atomic E-state index is 13.4. The number of piperidine rings is 1. The number of nitrogens with one attached hydrogen (secondary N) is 1. The summed E-state index contributed by atoms with van der Waals surface area (Å²) < 4.78 is 7.02. The molecular weight excluding hydrogens is 444 g/mol. The molecule has 2 aromatic heterocycles. The minimum atomic E-state index is -0.440. The number of aliphatic hydroxyl groups excluding tert-OH is 1. The fourth-order valence-electron chi connectivity index (χ4n) is 4.97. The Bertz CT molecular complexity index is 1390. The molecule has 0 unspecified atom stereocenters. The Balaban J connectivity index is 1.60. The molecule has 5 rings (SSSR count). The van der Waals surface area contributed by atoms with E-state index < -0.39 is 6.04 Å². The van der Waals surface area contributed by atoms with Gasteiger partial charge < -0.3 is 14.8 Å². The number of fused-ring (bicyclic) bond motifs is 1. The second-order valence-electron chi connectivity index (χ2n) is 9.31. The highest BCUT2D eigenvalue weighted by molar-refractivity contribution is 5.83. The molecule has 1 saturated heterocycles. The molecule has 0 spiro atoms. The van der Waals surface area contributed by atoms with E-state index in [1.807, 2.05) is 37.3 Å². The van der Waals surface area contributed by atoms with Gasteiger partial charge in [-0.15, -0.1) is 5.10 Å². The zero-order valence-electron chi connectivity index (χ0n) is 20.2. The van der Waals surface area contributed by atoms with Crippen molar-refractivity contribution in [3.05, 3.63) is 80.9 Å². The van der Waals surface area contributed by atoms with Crippen molar-refractivity contribution >= 4 is 10.9 Å². The van der Waals surface area contributed by atoms with E-state index in [-0.39, 0.29) is 11.7 Å². The van der Waals surface area contributed by atoms with Gasteiger partial charge in [0.25, 0.3) is 5.56 Å². The van der Waals surface area contributed by atoms with Crippen LogP contribution in [-0.2, 0) is 6.54 Å². The summed E-state index contributed by atoms with van der Waals surface area (Å²) in [6.45, 7) is 5.81. The number of methoxy groups -OCH3 is 1. The van der Waals surface area contributed by atoms with Crippen LogP contribution in [0.15, 0.2) is 47.3 Å². The Kier molecular flexibility index (Phi) is 6.36. The minimum Gasteiger partial charge on any atom is -0.497 e. The van der Waals surface area contributed by atoms with Crippen LogP contribution < -0.4 is 10.3 Å². The lowest BCUT2D eigenvalue weighted by molar-refractivity contribution is 0.0659. The third-order valence-corrected chi connectivity index (χ3v) is 6.78. The van der Waals surface area contributed by atoms with Crippen molar-refractivity contribution in [2.45, 2.75) is 45.4 Å². The number of aromatic amines is 1. The second-order valence-corrected chi connectivity index (χ2v) is 9.31. The normalized spacial score (nSPS) is 16.0. The lowest BCUT2D eigenvalue weighted by Gasteiger charge is -2.35. The molecule has 35 heavy (non-hydrogen) atoms. The Morgan fingerprint density at radius 1 is 1.14 bits per heavy atom. The van der Waals surface area contributed by atoms with E-state index in [1.54, 1.807) is 11.8 Å². The van der Waals surface area contributed by atoms with Gasteiger partial charge in [0.05, 0.1) is 25.3 Å². The fraction of sp³-hybridized carbons (Fsp3) is 0.385. The zero-order valence-corrected chi connectivity index (χ0v) is 20.2. The molecule has 3 heterocycles. The standard InChI is InChI=1S/C26H30N6O3/c1-16-12-17(2)23-19(13-16)14-22(26(34)27-23)24(31-10-8-20(33)9-11-31)25-28-29-30-32(25)15-18-4-6-21(35-3)7-5-18/h4-7,12-14,20,24,33H,8-11,15H2,1-3H3,(H,27,34)/t24-/m0/s1. The molecule has 2 N–H and O–H groups in total. The number of benzene rings is 2. The lowest BCUT2D eigenvalue weighted by atomic mass is 9.98. The van der Waals surface area contributed by atoms with E-state index in [0.29, 0.717) is 43.9 Å². The zero-order chi connectivity index (χ0) is 24.5. The smallest absolute Gasteiger partial charge is 0.253 e. The number of aryl methyl sites for hydroxylation is 2. The van der Waals surface area contributed by atoms with Crippen LogP contribution in [-0.4, -0.2) is 61.5 Å². The number of hydrogen-bond acceptors (Lipinski definition) is 7. The van der Waals surface area contributed by atoms with Crippen molar-refractivity contribution in [3.8, 4) is 5.75 Å². The second kappa shape index (κ2) is 9.59. The SMILES string of the molecule is COc1ccc(Cn2nnnc2[C@H](c2cc3cc(C)cc(C)c3[nH]c2=O)N2CCC(O)CC2)cc1. The van der Waals surface area contributed by atoms with Crippen LogP contribution in [0.25, 0.3) is 10.9 Å². The van der Waals surface area contributed by atoms with Gasteiger partial charge in [0, 0.05) is 18.7 Å². The summed E-state index contributed by atoms with van der Waals surface area (Å²) in [5.74, 6) is 1.38. The first kappa shape index (κ1) is 23.2. The molecule has 1 atom stereocenters. The number of ether oxygens (including phenoxy) is 1. The van der Waals surface area contributed by atoms with Crippen LogP contribution in [0, 0.1) is 13.8 Å². The summed E-state index contributed by atoms with van der Waals surface area (Å²) in [5, 5.41) is 23.7. The van der Waals surface area contributed by atoms with Crippen molar-refractivity contribution in [2.75, 3.05) is 20.2 Å². The molecule has 1 aliphatic heterocycles. The molecule has 0 bridgehead atoms. The number of nitrogens with zero attached hydrogens (tertiary/aromatic N) is 5. The van der Waals surface area contributed by atoms with Gasteiger partial charge in [0.2, 0.25) is 0 Å². The number of aromatic nitrogens is 5. The summed E-state index contributed by atoms with van der Waals surface area (Å²) >= 11 is 0. The number of pyridine rings is 1. The molecule has 2 aromatic carbocycles. The van der Waals surface area contributed by atoms with Gasteiger partial charge in [-0.1, -0.05) is 23.8 Å². The predicted molar refractivity (Wildman–Crippen MR) is 133 cm³/mol. The van der Waals surface area contributed by atoms with Crippen LogP contribution in [0.1, 0.15) is 47.0 Å². The summed E-state index contributed by atoms with van der Waals surface area (Å²) in [7, 11) is 1.64. The van der Waals surface area contributed by atoms with E-state index in [2.05, 4.69) is 44.5 Å².